The van der Waals surface area contributed by atoms with Gasteiger partial charge in [-0.1, -0.05) is 18.2 Å². The lowest BCUT2D eigenvalue weighted by Gasteiger charge is -2.12. The van der Waals surface area contributed by atoms with E-state index in [2.05, 4.69) is 10.3 Å². The fourth-order valence-corrected chi connectivity index (χ4v) is 2.66. The second-order valence-corrected chi connectivity index (χ2v) is 5.77. The largest absolute Gasteiger partial charge is 0.459 e. The summed E-state index contributed by atoms with van der Waals surface area (Å²) in [5, 5.41) is 4.23. The Hall–Kier alpha value is -2.56. The van der Waals surface area contributed by atoms with Crippen molar-refractivity contribution >= 4 is 16.8 Å². The maximum atomic E-state index is 12.4. The van der Waals surface area contributed by atoms with Crippen LogP contribution in [-0.4, -0.2) is 9.55 Å². The van der Waals surface area contributed by atoms with Gasteiger partial charge >= 0.3 is 0 Å². The maximum absolute atomic E-state index is 12.4. The first-order chi connectivity index (χ1) is 10.7. The monoisotopic (exact) mass is 295 g/mol. The summed E-state index contributed by atoms with van der Waals surface area (Å²) < 4.78 is 7.60. The molecule has 4 rings (SSSR count). The molecule has 0 spiro atoms. The molecule has 5 nitrogen and oxygen atoms in total. The molecular weight excluding hydrogens is 278 g/mol. The lowest BCUT2D eigenvalue weighted by molar-refractivity contribution is 0.525. The Morgan fingerprint density at radius 1 is 1.36 bits per heavy atom. The first-order valence-corrected chi connectivity index (χ1v) is 7.54. The van der Waals surface area contributed by atoms with Crippen LogP contribution in [0.25, 0.3) is 11.0 Å². The zero-order valence-electron chi connectivity index (χ0n) is 12.3. The molecule has 1 aliphatic rings. The molecule has 5 heteroatoms. The van der Waals surface area contributed by atoms with Gasteiger partial charge in [-0.15, -0.1) is 0 Å². The molecule has 2 heterocycles. The van der Waals surface area contributed by atoms with Crippen molar-refractivity contribution in [1.29, 1.82) is 0 Å². The smallest absolute Gasteiger partial charge is 0.293 e. The van der Waals surface area contributed by atoms with E-state index in [1.165, 1.54) is 0 Å². The molecule has 1 fully saturated rings. The number of rotatable bonds is 4. The standard InChI is InChI=1S/C17H17N3O2/c1-11(15-10-12-4-2-3-5-14(12)22-15)19-16-17(21)20(9-8-18-16)13-6-7-13/h2-5,8-11,13H,6-7H2,1H3,(H,18,19)/t11-/m1/s1. The number of aromatic nitrogens is 2. The van der Waals surface area contributed by atoms with Crippen molar-refractivity contribution in [3.05, 3.63) is 58.8 Å². The lowest BCUT2D eigenvalue weighted by atomic mass is 10.2. The number of hydrogen-bond donors (Lipinski definition) is 1. The Labute approximate surface area is 127 Å². The third kappa shape index (κ3) is 2.28. The third-order valence-corrected chi connectivity index (χ3v) is 4.03. The van der Waals surface area contributed by atoms with E-state index in [0.717, 1.165) is 29.6 Å². The lowest BCUT2D eigenvalue weighted by Crippen LogP contribution is -2.24. The number of hydrogen-bond acceptors (Lipinski definition) is 4. The summed E-state index contributed by atoms with van der Waals surface area (Å²) in [5.74, 6) is 1.17. The van der Waals surface area contributed by atoms with E-state index in [-0.39, 0.29) is 11.6 Å². The minimum atomic E-state index is -0.123. The highest BCUT2D eigenvalue weighted by molar-refractivity contribution is 5.77. The van der Waals surface area contributed by atoms with Crippen molar-refractivity contribution < 1.29 is 4.42 Å². The molecule has 0 aliphatic heterocycles. The van der Waals surface area contributed by atoms with E-state index in [1.807, 2.05) is 37.3 Å². The van der Waals surface area contributed by atoms with Crippen molar-refractivity contribution in [2.75, 3.05) is 5.32 Å². The van der Waals surface area contributed by atoms with Gasteiger partial charge in [0, 0.05) is 23.8 Å². The summed E-state index contributed by atoms with van der Waals surface area (Å²) in [6, 6.07) is 10.1. The number of para-hydroxylation sites is 1. The molecule has 2 aromatic heterocycles. The molecule has 0 bridgehead atoms. The predicted molar refractivity (Wildman–Crippen MR) is 85.0 cm³/mol. The highest BCUT2D eigenvalue weighted by Gasteiger charge is 2.25. The topological polar surface area (TPSA) is 60.1 Å². The summed E-state index contributed by atoms with van der Waals surface area (Å²) in [6.07, 6.45) is 5.58. The minimum Gasteiger partial charge on any atom is -0.459 e. The van der Waals surface area contributed by atoms with Crippen LogP contribution in [0.15, 0.2) is 51.9 Å². The normalized spacial score (nSPS) is 15.9. The summed E-state index contributed by atoms with van der Waals surface area (Å²) in [4.78, 5) is 16.6. The van der Waals surface area contributed by atoms with Gasteiger partial charge in [0.1, 0.15) is 11.3 Å². The SMILES string of the molecule is C[C@@H](Nc1nccn(C2CC2)c1=O)c1cc2ccccc2o1. The average molecular weight is 295 g/mol. The highest BCUT2D eigenvalue weighted by atomic mass is 16.3. The number of nitrogens with one attached hydrogen (secondary N) is 1. The van der Waals surface area contributed by atoms with E-state index >= 15 is 0 Å². The Kier molecular flexibility index (Phi) is 2.99. The second kappa shape index (κ2) is 5.02. The van der Waals surface area contributed by atoms with Crippen LogP contribution in [0.4, 0.5) is 5.82 Å². The fourth-order valence-electron chi connectivity index (χ4n) is 2.66. The molecule has 1 aromatic carbocycles. The highest BCUT2D eigenvalue weighted by Crippen LogP contribution is 2.33. The van der Waals surface area contributed by atoms with E-state index in [1.54, 1.807) is 17.0 Å². The molecule has 0 amide bonds. The quantitative estimate of drug-likeness (QED) is 0.800. The molecule has 1 atom stereocenters. The van der Waals surface area contributed by atoms with Gasteiger partial charge in [0.15, 0.2) is 5.82 Å². The fraction of sp³-hybridized carbons (Fsp3) is 0.294. The zero-order valence-corrected chi connectivity index (χ0v) is 12.3. The Morgan fingerprint density at radius 2 is 2.18 bits per heavy atom. The molecule has 0 unspecified atom stereocenters. The Bertz CT molecular complexity index is 844. The van der Waals surface area contributed by atoms with Crippen LogP contribution in [0.5, 0.6) is 0 Å². The predicted octanol–water partition coefficient (Wildman–Crippen LogP) is 3.50. The second-order valence-electron chi connectivity index (χ2n) is 5.77. The summed E-state index contributed by atoms with van der Waals surface area (Å²) >= 11 is 0. The van der Waals surface area contributed by atoms with Gasteiger partial charge in [-0.3, -0.25) is 4.79 Å². The van der Waals surface area contributed by atoms with Crippen LogP contribution in [0, 0.1) is 0 Å². The van der Waals surface area contributed by atoms with Gasteiger partial charge in [-0.05, 0) is 31.9 Å². The van der Waals surface area contributed by atoms with Crippen LogP contribution >= 0.6 is 0 Å². The maximum Gasteiger partial charge on any atom is 0.293 e. The van der Waals surface area contributed by atoms with Crippen molar-refractivity contribution in [2.45, 2.75) is 31.8 Å². The zero-order chi connectivity index (χ0) is 15.1. The van der Waals surface area contributed by atoms with Gasteiger partial charge in [0.2, 0.25) is 0 Å². The van der Waals surface area contributed by atoms with Gasteiger partial charge in [0.25, 0.3) is 5.56 Å². The van der Waals surface area contributed by atoms with Crippen LogP contribution in [-0.2, 0) is 0 Å². The third-order valence-electron chi connectivity index (χ3n) is 4.03. The molecular formula is C17H17N3O2. The summed E-state index contributed by atoms with van der Waals surface area (Å²) in [6.45, 7) is 1.97. The van der Waals surface area contributed by atoms with Crippen LogP contribution in [0.2, 0.25) is 0 Å². The Balaban J connectivity index is 1.62. The molecule has 1 saturated carbocycles. The number of anilines is 1. The van der Waals surface area contributed by atoms with E-state index in [9.17, 15) is 4.79 Å². The van der Waals surface area contributed by atoms with Gasteiger partial charge in [-0.25, -0.2) is 4.98 Å². The van der Waals surface area contributed by atoms with Crippen molar-refractivity contribution in [3.8, 4) is 0 Å². The van der Waals surface area contributed by atoms with Crippen LogP contribution in [0.1, 0.15) is 37.6 Å². The van der Waals surface area contributed by atoms with Gasteiger partial charge in [0.05, 0.1) is 6.04 Å². The average Bonchev–Trinajstić information content (AvgIpc) is 3.27. The van der Waals surface area contributed by atoms with E-state index < -0.39 is 0 Å². The Morgan fingerprint density at radius 3 is 2.95 bits per heavy atom. The molecule has 1 N–H and O–H groups in total. The van der Waals surface area contributed by atoms with Crippen LogP contribution in [0.3, 0.4) is 0 Å². The van der Waals surface area contributed by atoms with Crippen molar-refractivity contribution in [3.63, 3.8) is 0 Å². The van der Waals surface area contributed by atoms with Gasteiger partial charge < -0.3 is 14.3 Å². The molecule has 0 radical (unpaired) electrons. The van der Waals surface area contributed by atoms with Crippen molar-refractivity contribution in [1.82, 2.24) is 9.55 Å². The molecule has 3 aromatic rings. The first kappa shape index (κ1) is 13.1. The first-order valence-electron chi connectivity index (χ1n) is 7.54. The van der Waals surface area contributed by atoms with E-state index in [0.29, 0.717) is 11.9 Å². The van der Waals surface area contributed by atoms with Crippen LogP contribution < -0.4 is 10.9 Å². The van der Waals surface area contributed by atoms with Crippen molar-refractivity contribution in [2.24, 2.45) is 0 Å². The number of furan rings is 1. The summed E-state index contributed by atoms with van der Waals surface area (Å²) in [7, 11) is 0. The molecule has 112 valence electrons. The van der Waals surface area contributed by atoms with E-state index in [4.69, 9.17) is 4.42 Å². The number of fused-ring (bicyclic) bond motifs is 1. The number of nitrogens with zero attached hydrogens (tertiary/aromatic N) is 2. The molecule has 1 aliphatic carbocycles. The molecule has 0 saturated heterocycles. The summed E-state index contributed by atoms with van der Waals surface area (Å²) in [5.41, 5.74) is 0.788. The minimum absolute atomic E-state index is 0.0621. The number of benzene rings is 1. The van der Waals surface area contributed by atoms with Gasteiger partial charge in [-0.2, -0.15) is 0 Å². The molecule has 22 heavy (non-hydrogen) atoms.